The van der Waals surface area contributed by atoms with Crippen LogP contribution < -0.4 is 9.80 Å². The Morgan fingerprint density at radius 1 is 0.492 bits per heavy atom. The quantitative estimate of drug-likeness (QED) is 0.113. The fraction of sp³-hybridized carbons (Fsp3) is 0.115. The topological polar surface area (TPSA) is 6.48 Å². The summed E-state index contributed by atoms with van der Waals surface area (Å²) in [5, 5.41) is 0. The van der Waals surface area contributed by atoms with Crippen molar-refractivity contribution in [1.82, 2.24) is 0 Å². The lowest BCUT2D eigenvalue weighted by Gasteiger charge is -2.33. The highest BCUT2D eigenvalue weighted by molar-refractivity contribution is 6.08. The number of anilines is 5. The van der Waals surface area contributed by atoms with E-state index in [0.29, 0.717) is 0 Å². The summed E-state index contributed by atoms with van der Waals surface area (Å²) < 4.78 is 0. The molecule has 7 aromatic carbocycles. The van der Waals surface area contributed by atoms with Crippen LogP contribution in [0.2, 0.25) is 0 Å². The van der Waals surface area contributed by atoms with Gasteiger partial charge in [-0.25, -0.2) is 0 Å². The minimum Gasteiger partial charge on any atom is -0.311 e. The van der Waals surface area contributed by atoms with Gasteiger partial charge in [0.25, 0.3) is 0 Å². The lowest BCUT2D eigenvalue weighted by atomic mass is 9.70. The number of fused-ring (bicyclic) bond motifs is 7. The van der Waals surface area contributed by atoms with Crippen molar-refractivity contribution in [2.75, 3.05) is 9.80 Å². The second-order valence-electron chi connectivity index (χ2n) is 17.4. The van der Waals surface area contributed by atoms with Crippen molar-refractivity contribution in [2.24, 2.45) is 0 Å². The van der Waals surface area contributed by atoms with Gasteiger partial charge in [0.05, 0.1) is 0 Å². The highest BCUT2D eigenvalue weighted by Gasteiger charge is 2.49. The summed E-state index contributed by atoms with van der Waals surface area (Å²) >= 11 is 0. The van der Waals surface area contributed by atoms with Crippen molar-refractivity contribution in [1.29, 1.82) is 0 Å². The smallest absolute Gasteiger partial charge is 0.0465 e. The van der Waals surface area contributed by atoms with Crippen molar-refractivity contribution in [3.63, 3.8) is 0 Å². The van der Waals surface area contributed by atoms with Crippen molar-refractivity contribution in [3.8, 4) is 33.4 Å². The molecule has 63 heavy (non-hydrogen) atoms. The van der Waals surface area contributed by atoms with E-state index in [2.05, 4.69) is 239 Å². The molecule has 0 spiro atoms. The first kappa shape index (κ1) is 41.0. The van der Waals surface area contributed by atoms with Crippen LogP contribution >= 0.6 is 0 Å². The van der Waals surface area contributed by atoms with Crippen LogP contribution in [0.15, 0.2) is 226 Å². The van der Waals surface area contributed by atoms with Crippen LogP contribution in [0.5, 0.6) is 0 Å². The molecule has 0 saturated heterocycles. The van der Waals surface area contributed by atoms with Gasteiger partial charge < -0.3 is 9.80 Å². The molecule has 0 heterocycles. The van der Waals surface area contributed by atoms with Crippen LogP contribution in [0, 0.1) is 0 Å². The molecule has 2 heteroatoms. The average molecular weight is 815 g/mol. The van der Waals surface area contributed by atoms with E-state index >= 15 is 0 Å². The van der Waals surface area contributed by atoms with Gasteiger partial charge in [0, 0.05) is 45.0 Å². The van der Waals surface area contributed by atoms with Crippen LogP contribution in [-0.2, 0) is 10.8 Å². The SMILES string of the molecule is C=C/C=C(\C=C)c1c(-c2ccccc2)c2c(c3c1-c1ccc(N(c4ccccc4)c4ccccc4)cc1C3(C)C)C(C)(C)c1cc(N(/C(C=C)=C/C=C\C)c3ccccc3)ccc1-2. The number of benzene rings is 7. The number of nitrogens with zero attached hydrogens (tertiary/aromatic N) is 2. The van der Waals surface area contributed by atoms with E-state index in [1.807, 2.05) is 25.2 Å². The van der Waals surface area contributed by atoms with Gasteiger partial charge in [0.1, 0.15) is 0 Å². The predicted octanol–water partition coefficient (Wildman–Crippen LogP) is 17.0. The first-order chi connectivity index (χ1) is 30.6. The van der Waals surface area contributed by atoms with Gasteiger partial charge in [0.2, 0.25) is 0 Å². The molecule has 0 bridgehead atoms. The van der Waals surface area contributed by atoms with E-state index in [9.17, 15) is 0 Å². The minimum absolute atomic E-state index is 0.377. The van der Waals surface area contributed by atoms with Crippen LogP contribution in [0.3, 0.4) is 0 Å². The monoisotopic (exact) mass is 814 g/mol. The van der Waals surface area contributed by atoms with Crippen molar-refractivity contribution < 1.29 is 0 Å². The normalized spacial score (nSPS) is 14.4. The molecule has 0 N–H and O–H groups in total. The van der Waals surface area contributed by atoms with E-state index < -0.39 is 0 Å². The number of hydrogen-bond acceptors (Lipinski definition) is 2. The van der Waals surface area contributed by atoms with Crippen LogP contribution in [0.4, 0.5) is 28.4 Å². The van der Waals surface area contributed by atoms with Crippen molar-refractivity contribution in [2.45, 2.75) is 45.4 Å². The van der Waals surface area contributed by atoms with Crippen LogP contribution in [0.25, 0.3) is 39.0 Å². The molecule has 308 valence electrons. The van der Waals surface area contributed by atoms with E-state index in [-0.39, 0.29) is 10.8 Å². The summed E-state index contributed by atoms with van der Waals surface area (Å²) in [6.45, 7) is 24.7. The maximum atomic E-state index is 4.44. The van der Waals surface area contributed by atoms with Gasteiger partial charge in [-0.2, -0.15) is 0 Å². The van der Waals surface area contributed by atoms with E-state index in [1.165, 1.54) is 61.2 Å². The zero-order chi connectivity index (χ0) is 43.9. The second kappa shape index (κ2) is 16.5. The number of hydrogen-bond donors (Lipinski definition) is 0. The fourth-order valence-corrected chi connectivity index (χ4v) is 10.2. The summed E-state index contributed by atoms with van der Waals surface area (Å²) in [4.78, 5) is 4.68. The third-order valence-corrected chi connectivity index (χ3v) is 13.0. The Morgan fingerprint density at radius 3 is 1.51 bits per heavy atom. The average Bonchev–Trinajstić information content (AvgIpc) is 3.69. The minimum atomic E-state index is -0.380. The molecule has 0 fully saturated rings. The first-order valence-corrected chi connectivity index (χ1v) is 21.9. The zero-order valence-corrected chi connectivity index (χ0v) is 37.1. The van der Waals surface area contributed by atoms with E-state index in [0.717, 1.165) is 39.7 Å². The van der Waals surface area contributed by atoms with Crippen LogP contribution in [0.1, 0.15) is 62.4 Å². The lowest BCUT2D eigenvalue weighted by Crippen LogP contribution is -2.25. The third kappa shape index (κ3) is 6.74. The summed E-state index contributed by atoms with van der Waals surface area (Å²) in [7, 11) is 0. The molecule has 2 aliphatic carbocycles. The van der Waals surface area contributed by atoms with Gasteiger partial charge >= 0.3 is 0 Å². The maximum absolute atomic E-state index is 4.44. The molecule has 0 aromatic heterocycles. The Balaban J connectivity index is 1.36. The fourth-order valence-electron chi connectivity index (χ4n) is 10.2. The lowest BCUT2D eigenvalue weighted by molar-refractivity contribution is 0.601. The molecule has 0 amide bonds. The predicted molar refractivity (Wildman–Crippen MR) is 272 cm³/mol. The molecular weight excluding hydrogens is 761 g/mol. The van der Waals surface area contributed by atoms with Gasteiger partial charge in [-0.1, -0.05) is 175 Å². The molecule has 2 nitrogen and oxygen atoms in total. The van der Waals surface area contributed by atoms with Gasteiger partial charge in [-0.15, -0.1) is 0 Å². The van der Waals surface area contributed by atoms with Crippen molar-refractivity contribution >= 4 is 34.0 Å². The maximum Gasteiger partial charge on any atom is 0.0465 e. The molecule has 9 rings (SSSR count). The summed E-state index contributed by atoms with van der Waals surface area (Å²) in [6, 6.07) is 57.1. The molecule has 0 atom stereocenters. The van der Waals surface area contributed by atoms with Gasteiger partial charge in [-0.05, 0) is 147 Å². The Labute approximate surface area is 374 Å². The Kier molecular flexibility index (Phi) is 10.7. The molecular formula is C61H54N2. The van der Waals surface area contributed by atoms with E-state index in [4.69, 9.17) is 0 Å². The number of allylic oxidation sites excluding steroid dienone is 8. The largest absolute Gasteiger partial charge is 0.311 e. The third-order valence-electron chi connectivity index (χ3n) is 13.0. The Hall–Kier alpha value is -7.42. The van der Waals surface area contributed by atoms with Crippen LogP contribution in [-0.4, -0.2) is 0 Å². The Morgan fingerprint density at radius 2 is 0.984 bits per heavy atom. The molecule has 2 aliphatic rings. The Bertz CT molecular complexity index is 2940. The summed E-state index contributed by atoms with van der Waals surface area (Å²) in [5.74, 6) is 0. The van der Waals surface area contributed by atoms with Gasteiger partial charge in [-0.3, -0.25) is 0 Å². The number of rotatable bonds is 12. The molecule has 0 radical (unpaired) electrons. The molecule has 7 aromatic rings. The summed E-state index contributed by atoms with van der Waals surface area (Å²) in [6.07, 6.45) is 14.2. The first-order valence-electron chi connectivity index (χ1n) is 21.9. The highest BCUT2D eigenvalue weighted by atomic mass is 15.1. The van der Waals surface area contributed by atoms with E-state index in [1.54, 1.807) is 0 Å². The zero-order valence-electron chi connectivity index (χ0n) is 37.1. The second-order valence-corrected chi connectivity index (χ2v) is 17.4. The standard InChI is InChI=1S/C61H54N2/c1-9-13-29-44(12-4)62(45-30-20-15-21-31-45)48-36-38-51-52(40-48)61(7,8)59-57(51)55(43-27-18-14-19-28-43)54(42(11-3)26-10-2)56-50-39-37-49(41-53(50)60(5,6)58(56)59)63(46-32-22-16-23-33-46)47-34-24-17-25-35-47/h9-41H,2-4H2,1,5-8H3/b13-9-,42-26+,44-29+. The highest BCUT2D eigenvalue weighted by Crippen LogP contribution is 2.64. The number of para-hydroxylation sites is 3. The summed E-state index contributed by atoms with van der Waals surface area (Å²) in [5.41, 5.74) is 20.8. The van der Waals surface area contributed by atoms with Gasteiger partial charge in [0.15, 0.2) is 0 Å². The molecule has 0 unspecified atom stereocenters. The molecule has 0 aliphatic heterocycles. The van der Waals surface area contributed by atoms with Crippen molar-refractivity contribution in [3.05, 3.63) is 254 Å². The molecule has 0 saturated carbocycles.